The fraction of sp³-hybridized carbons (Fsp3) is 0.552. The third-order valence-electron chi connectivity index (χ3n) is 8.79. The van der Waals surface area contributed by atoms with Gasteiger partial charge in [-0.05, 0) is 75.2 Å². The van der Waals surface area contributed by atoms with Gasteiger partial charge in [0.25, 0.3) is 5.91 Å². The van der Waals surface area contributed by atoms with Gasteiger partial charge in [-0.25, -0.2) is 0 Å². The SMILES string of the molecule is CC(CCO)CCc1cc(N(C)C)c2c(c1O)C(O)=C1C(=O)[C@]3(O)C(O)=C(C(N)=O)C(=O)C(N(C)C)[C@@H]3C[C@H]1C2. The number of nitrogens with zero attached hydrogens (tertiary/aromatic N) is 2. The molecule has 11 nitrogen and oxygen atoms in total. The highest BCUT2D eigenvalue weighted by molar-refractivity contribution is 6.24. The van der Waals surface area contributed by atoms with E-state index < -0.39 is 58.0 Å². The summed E-state index contributed by atoms with van der Waals surface area (Å²) < 4.78 is 0. The smallest absolute Gasteiger partial charge is 0.255 e. The first-order valence-electron chi connectivity index (χ1n) is 13.5. The van der Waals surface area contributed by atoms with Crippen LogP contribution in [0, 0.1) is 17.8 Å². The highest BCUT2D eigenvalue weighted by atomic mass is 16.3. The Hall–Kier alpha value is -3.41. The molecule has 3 aliphatic carbocycles. The maximum absolute atomic E-state index is 14.0. The Kier molecular flexibility index (Phi) is 7.78. The van der Waals surface area contributed by atoms with E-state index in [-0.39, 0.29) is 42.3 Å². The summed E-state index contributed by atoms with van der Waals surface area (Å²) in [6.07, 6.45) is 2.02. The van der Waals surface area contributed by atoms with Crippen LogP contribution in [-0.2, 0) is 27.2 Å². The minimum atomic E-state index is -2.66. The number of aliphatic hydroxyl groups is 4. The van der Waals surface area contributed by atoms with Crippen molar-refractivity contribution in [3.63, 3.8) is 0 Å². The van der Waals surface area contributed by atoms with Crippen LogP contribution in [0.15, 0.2) is 23.0 Å². The van der Waals surface area contributed by atoms with E-state index >= 15 is 0 Å². The Morgan fingerprint density at radius 3 is 2.35 bits per heavy atom. The minimum Gasteiger partial charge on any atom is -0.508 e. The lowest BCUT2D eigenvalue weighted by atomic mass is 9.57. The van der Waals surface area contributed by atoms with E-state index in [1.165, 1.54) is 4.90 Å². The maximum Gasteiger partial charge on any atom is 0.255 e. The molecule has 40 heavy (non-hydrogen) atoms. The van der Waals surface area contributed by atoms with E-state index in [9.17, 15) is 39.9 Å². The van der Waals surface area contributed by atoms with Gasteiger partial charge in [-0.1, -0.05) is 6.92 Å². The van der Waals surface area contributed by atoms with Crippen molar-refractivity contribution in [3.05, 3.63) is 39.7 Å². The van der Waals surface area contributed by atoms with E-state index in [0.29, 0.717) is 30.4 Å². The first kappa shape index (κ1) is 29.6. The first-order chi connectivity index (χ1) is 18.7. The van der Waals surface area contributed by atoms with Gasteiger partial charge in [-0.2, -0.15) is 0 Å². The van der Waals surface area contributed by atoms with Gasteiger partial charge < -0.3 is 36.2 Å². The highest BCUT2D eigenvalue weighted by Gasteiger charge is 2.64. The van der Waals surface area contributed by atoms with Gasteiger partial charge in [0.1, 0.15) is 22.8 Å². The van der Waals surface area contributed by atoms with Gasteiger partial charge in [0.15, 0.2) is 11.4 Å². The number of benzene rings is 1. The molecule has 218 valence electrons. The molecule has 1 aromatic rings. The third-order valence-corrected chi connectivity index (χ3v) is 8.79. The number of anilines is 1. The van der Waals surface area contributed by atoms with Crippen molar-refractivity contribution >= 4 is 28.9 Å². The van der Waals surface area contributed by atoms with E-state index in [1.54, 1.807) is 14.1 Å². The number of aliphatic hydroxyl groups excluding tert-OH is 3. The molecule has 0 spiro atoms. The number of rotatable bonds is 8. The number of nitrogens with two attached hydrogens (primary N) is 1. The predicted molar refractivity (Wildman–Crippen MR) is 148 cm³/mol. The van der Waals surface area contributed by atoms with Gasteiger partial charge >= 0.3 is 0 Å². The van der Waals surface area contributed by atoms with Gasteiger partial charge in [-0.15, -0.1) is 0 Å². The Morgan fingerprint density at radius 2 is 1.80 bits per heavy atom. The van der Waals surface area contributed by atoms with Crippen LogP contribution in [0.25, 0.3) is 5.76 Å². The van der Waals surface area contributed by atoms with Crippen molar-refractivity contribution in [2.75, 3.05) is 39.7 Å². The first-order valence-corrected chi connectivity index (χ1v) is 13.5. The molecule has 1 amide bonds. The van der Waals surface area contributed by atoms with Crippen LogP contribution in [0.2, 0.25) is 0 Å². The molecule has 0 heterocycles. The van der Waals surface area contributed by atoms with Gasteiger partial charge in [0.2, 0.25) is 5.78 Å². The number of primary amides is 1. The van der Waals surface area contributed by atoms with E-state index in [0.717, 1.165) is 5.69 Å². The Bertz CT molecular complexity index is 1330. The molecule has 3 aliphatic rings. The third kappa shape index (κ3) is 4.36. The van der Waals surface area contributed by atoms with Gasteiger partial charge in [-0.3, -0.25) is 19.3 Å². The molecule has 0 aliphatic heterocycles. The number of fused-ring (bicyclic) bond motifs is 3. The molecule has 4 rings (SSSR count). The molecule has 5 atom stereocenters. The largest absolute Gasteiger partial charge is 0.508 e. The van der Waals surface area contributed by atoms with E-state index in [2.05, 4.69) is 0 Å². The zero-order valence-corrected chi connectivity index (χ0v) is 23.6. The van der Waals surface area contributed by atoms with Crippen molar-refractivity contribution in [3.8, 4) is 5.75 Å². The second-order valence-corrected chi connectivity index (χ2v) is 11.8. The van der Waals surface area contributed by atoms with Gasteiger partial charge in [0.05, 0.1) is 11.6 Å². The lowest BCUT2D eigenvalue weighted by molar-refractivity contribution is -0.153. The van der Waals surface area contributed by atoms with Crippen molar-refractivity contribution in [2.24, 2.45) is 23.5 Å². The fourth-order valence-electron chi connectivity index (χ4n) is 6.70. The molecule has 2 unspecified atom stereocenters. The zero-order chi connectivity index (χ0) is 29.8. The molecule has 0 aromatic heterocycles. The van der Waals surface area contributed by atoms with Crippen molar-refractivity contribution in [1.29, 1.82) is 0 Å². The molecular formula is C29H39N3O8. The molecule has 1 saturated carbocycles. The number of carbonyl (C=O) groups excluding carboxylic acids is 3. The number of aryl methyl sites for hydroxylation is 1. The second kappa shape index (κ2) is 10.5. The van der Waals surface area contributed by atoms with Crippen molar-refractivity contribution < 1.29 is 39.9 Å². The molecule has 0 radical (unpaired) electrons. The van der Waals surface area contributed by atoms with Crippen LogP contribution in [0.5, 0.6) is 5.75 Å². The number of ketones is 2. The van der Waals surface area contributed by atoms with E-state index in [1.807, 2.05) is 32.0 Å². The summed E-state index contributed by atoms with van der Waals surface area (Å²) in [5, 5.41) is 54.9. The number of carbonyl (C=O) groups is 3. The molecule has 11 heteroatoms. The number of aromatic hydroxyl groups is 1. The summed E-state index contributed by atoms with van der Waals surface area (Å²) in [5.74, 6) is -6.40. The summed E-state index contributed by atoms with van der Waals surface area (Å²) in [7, 11) is 6.81. The summed E-state index contributed by atoms with van der Waals surface area (Å²) in [4.78, 5) is 42.7. The lowest BCUT2D eigenvalue weighted by Crippen LogP contribution is -2.65. The van der Waals surface area contributed by atoms with Crippen LogP contribution in [0.4, 0.5) is 5.69 Å². The highest BCUT2D eigenvalue weighted by Crippen LogP contribution is 2.54. The average Bonchev–Trinajstić information content (AvgIpc) is 2.85. The monoisotopic (exact) mass is 557 g/mol. The Labute approximate surface area is 233 Å². The molecular weight excluding hydrogens is 518 g/mol. The normalized spacial score (nSPS) is 26.9. The van der Waals surface area contributed by atoms with Gasteiger partial charge in [0, 0.05) is 37.9 Å². The second-order valence-electron chi connectivity index (χ2n) is 11.8. The molecule has 7 N–H and O–H groups in total. The van der Waals surface area contributed by atoms with E-state index in [4.69, 9.17) is 5.73 Å². The Morgan fingerprint density at radius 1 is 1.15 bits per heavy atom. The predicted octanol–water partition coefficient (Wildman–Crippen LogP) is 0.981. The van der Waals surface area contributed by atoms with Crippen LogP contribution < -0.4 is 10.6 Å². The maximum atomic E-state index is 14.0. The lowest BCUT2D eigenvalue weighted by Gasteiger charge is -2.50. The number of Topliss-reactive ketones (excluding diaryl/α,β-unsaturated/α-hetero) is 2. The topological polar surface area (TPSA) is 185 Å². The number of amides is 1. The summed E-state index contributed by atoms with van der Waals surface area (Å²) in [5.41, 5.74) is 3.74. The Balaban J connectivity index is 1.91. The summed E-state index contributed by atoms with van der Waals surface area (Å²) in [6.45, 7) is 2.05. The van der Waals surface area contributed by atoms with Crippen LogP contribution in [0.1, 0.15) is 42.9 Å². The quantitative estimate of drug-likeness (QED) is 0.252. The van der Waals surface area contributed by atoms with Crippen LogP contribution in [-0.4, -0.2) is 94.3 Å². The molecule has 0 saturated heterocycles. The standard InChI is InChI=1S/C29H39N3O8/c1-13(8-9-33)6-7-14-12-18(31(2)3)16-10-15-11-17-22(32(4)5)25(36)21(28(30)39)27(38)29(17,40)26(37)19(15)24(35)20(16)23(14)34/h12-13,15,17,22,33-35,38,40H,6-11H2,1-5H3,(H2,30,39)/t13?,15-,17+,22?,29+/m1/s1. The number of likely N-dealkylation sites (N-methyl/N-ethyl adjacent to an activating group) is 1. The number of phenols is 1. The molecule has 0 bridgehead atoms. The summed E-state index contributed by atoms with van der Waals surface area (Å²) in [6, 6.07) is 0.738. The minimum absolute atomic E-state index is 0.0415. The fourth-order valence-corrected chi connectivity index (χ4v) is 6.70. The number of phenolic OH excluding ortho intramolecular Hbond substituents is 1. The molecule has 1 fully saturated rings. The van der Waals surface area contributed by atoms with Crippen molar-refractivity contribution in [2.45, 2.75) is 50.7 Å². The average molecular weight is 558 g/mol. The number of hydrogen-bond acceptors (Lipinski definition) is 10. The van der Waals surface area contributed by atoms with Crippen LogP contribution in [0.3, 0.4) is 0 Å². The zero-order valence-electron chi connectivity index (χ0n) is 23.6. The van der Waals surface area contributed by atoms with Crippen molar-refractivity contribution in [1.82, 2.24) is 4.90 Å². The number of hydrogen-bond donors (Lipinski definition) is 6. The molecule has 1 aromatic carbocycles. The van der Waals surface area contributed by atoms with Crippen LogP contribution >= 0.6 is 0 Å². The summed E-state index contributed by atoms with van der Waals surface area (Å²) >= 11 is 0.